The van der Waals surface area contributed by atoms with E-state index in [1.807, 2.05) is 37.3 Å². The first-order chi connectivity index (χ1) is 16.3. The molecule has 0 radical (unpaired) electrons. The largest absolute Gasteiger partial charge is 0.496 e. The summed E-state index contributed by atoms with van der Waals surface area (Å²) in [6.45, 7) is 5.98. The van der Waals surface area contributed by atoms with Gasteiger partial charge in [-0.25, -0.2) is 8.42 Å². The van der Waals surface area contributed by atoms with Crippen LogP contribution in [0.5, 0.6) is 5.75 Å². The first kappa shape index (κ1) is 25.5. The number of carbonyl (C=O) groups excluding carboxylic acids is 2. The molecule has 2 N–H and O–H groups in total. The lowest BCUT2D eigenvalue weighted by atomic mass is 10.0. The Morgan fingerprint density at radius 2 is 1.94 bits per heavy atom. The monoisotopic (exact) mass is 485 g/mol. The first-order valence-electron chi connectivity index (χ1n) is 11.2. The molecule has 0 aromatic heterocycles. The molecule has 0 aliphatic carbocycles. The number of ether oxygens (including phenoxy) is 1. The molecule has 1 fully saturated rings. The molecule has 2 aromatic carbocycles. The summed E-state index contributed by atoms with van der Waals surface area (Å²) in [5, 5.41) is 5.69. The summed E-state index contributed by atoms with van der Waals surface area (Å²) >= 11 is 0. The standard InChI is InChI=1S/C25H31N3O5S/c1-4-24(29)27-20-13-15-28(18(2)16-20)34(31,32)21-10-11-22(23(17-21)33-3)25(30)26-14-12-19-8-6-5-7-9-19/h4-11,17-18,20H,1,12-16H2,2-3H3,(H,26,30)(H,27,29). The average molecular weight is 486 g/mol. The van der Waals surface area contributed by atoms with E-state index in [1.54, 1.807) is 0 Å². The summed E-state index contributed by atoms with van der Waals surface area (Å²) in [6, 6.07) is 13.7. The minimum Gasteiger partial charge on any atom is -0.496 e. The molecule has 0 saturated carbocycles. The van der Waals surface area contributed by atoms with Gasteiger partial charge < -0.3 is 15.4 Å². The Labute approximate surface area is 201 Å². The van der Waals surface area contributed by atoms with Gasteiger partial charge in [-0.1, -0.05) is 36.9 Å². The van der Waals surface area contributed by atoms with Crippen molar-refractivity contribution in [2.24, 2.45) is 0 Å². The SMILES string of the molecule is C=CC(=O)NC1CCN(S(=O)(=O)c2ccc(C(=O)NCCc3ccccc3)c(OC)c2)C(C)C1. The predicted octanol–water partition coefficient (Wildman–Crippen LogP) is 2.51. The molecule has 1 saturated heterocycles. The van der Waals surface area contributed by atoms with Crippen LogP contribution in [0.2, 0.25) is 0 Å². The predicted molar refractivity (Wildman–Crippen MR) is 130 cm³/mol. The quantitative estimate of drug-likeness (QED) is 0.531. The van der Waals surface area contributed by atoms with Crippen LogP contribution in [-0.2, 0) is 21.2 Å². The number of benzene rings is 2. The summed E-state index contributed by atoms with van der Waals surface area (Å²) in [7, 11) is -2.40. The second kappa shape index (κ2) is 11.3. The van der Waals surface area contributed by atoms with Crippen LogP contribution in [0.15, 0.2) is 66.1 Å². The number of amides is 2. The Hall–Kier alpha value is -3.17. The highest BCUT2D eigenvalue weighted by molar-refractivity contribution is 7.89. The number of hydrogen-bond donors (Lipinski definition) is 2. The number of hydrogen-bond acceptors (Lipinski definition) is 5. The van der Waals surface area contributed by atoms with Crippen LogP contribution >= 0.6 is 0 Å². The van der Waals surface area contributed by atoms with E-state index in [4.69, 9.17) is 4.74 Å². The lowest BCUT2D eigenvalue weighted by Gasteiger charge is -2.36. The molecular formula is C25H31N3O5S. The summed E-state index contributed by atoms with van der Waals surface area (Å²) in [5.41, 5.74) is 1.38. The fourth-order valence-corrected chi connectivity index (χ4v) is 5.79. The lowest BCUT2D eigenvalue weighted by molar-refractivity contribution is -0.117. The van der Waals surface area contributed by atoms with Gasteiger partial charge >= 0.3 is 0 Å². The van der Waals surface area contributed by atoms with Crippen molar-refractivity contribution in [3.05, 3.63) is 72.3 Å². The van der Waals surface area contributed by atoms with Crippen molar-refractivity contribution in [3.63, 3.8) is 0 Å². The van der Waals surface area contributed by atoms with E-state index in [-0.39, 0.29) is 46.7 Å². The van der Waals surface area contributed by atoms with Gasteiger partial charge in [0.15, 0.2) is 0 Å². The van der Waals surface area contributed by atoms with Crippen molar-refractivity contribution in [3.8, 4) is 5.75 Å². The molecule has 1 aliphatic heterocycles. The number of methoxy groups -OCH3 is 1. The van der Waals surface area contributed by atoms with Crippen LogP contribution in [0.1, 0.15) is 35.7 Å². The Balaban J connectivity index is 1.69. The Morgan fingerprint density at radius 1 is 1.21 bits per heavy atom. The minimum absolute atomic E-state index is 0.0608. The smallest absolute Gasteiger partial charge is 0.255 e. The second-order valence-corrected chi connectivity index (χ2v) is 10.1. The van der Waals surface area contributed by atoms with Crippen LogP contribution in [0.3, 0.4) is 0 Å². The molecule has 182 valence electrons. The summed E-state index contributed by atoms with van der Waals surface area (Å²) in [4.78, 5) is 24.3. The zero-order valence-corrected chi connectivity index (χ0v) is 20.3. The van der Waals surface area contributed by atoms with E-state index in [0.717, 1.165) is 5.56 Å². The lowest BCUT2D eigenvalue weighted by Crippen LogP contribution is -2.50. The van der Waals surface area contributed by atoms with Gasteiger partial charge in [-0.05, 0) is 50.0 Å². The number of carbonyl (C=O) groups is 2. The molecule has 3 rings (SSSR count). The molecule has 1 aliphatic rings. The third-order valence-electron chi connectivity index (χ3n) is 5.91. The Kier molecular flexibility index (Phi) is 8.46. The highest BCUT2D eigenvalue weighted by atomic mass is 32.2. The number of rotatable bonds is 9. The van der Waals surface area contributed by atoms with Gasteiger partial charge in [0.25, 0.3) is 5.91 Å². The molecule has 2 atom stereocenters. The summed E-state index contributed by atoms with van der Waals surface area (Å²) in [6.07, 6.45) is 2.89. The third kappa shape index (κ3) is 6.03. The van der Waals surface area contributed by atoms with Crippen LogP contribution in [0.4, 0.5) is 0 Å². The van der Waals surface area contributed by atoms with Gasteiger partial charge in [-0.2, -0.15) is 4.31 Å². The highest BCUT2D eigenvalue weighted by Gasteiger charge is 2.35. The minimum atomic E-state index is -3.81. The van der Waals surface area contributed by atoms with E-state index in [0.29, 0.717) is 25.8 Å². The van der Waals surface area contributed by atoms with Crippen LogP contribution in [0.25, 0.3) is 0 Å². The summed E-state index contributed by atoms with van der Waals surface area (Å²) < 4.78 is 33.4. The second-order valence-electron chi connectivity index (χ2n) is 8.25. The third-order valence-corrected chi connectivity index (χ3v) is 7.92. The Bertz CT molecular complexity index is 1130. The molecule has 2 amide bonds. The molecule has 0 spiro atoms. The van der Waals surface area contributed by atoms with Gasteiger partial charge in [-0.3, -0.25) is 9.59 Å². The zero-order valence-electron chi connectivity index (χ0n) is 19.5. The van der Waals surface area contributed by atoms with E-state index < -0.39 is 10.0 Å². The maximum atomic E-state index is 13.3. The van der Waals surface area contributed by atoms with Crippen molar-refractivity contribution in [1.82, 2.24) is 14.9 Å². The van der Waals surface area contributed by atoms with Crippen molar-refractivity contribution < 1.29 is 22.7 Å². The van der Waals surface area contributed by atoms with E-state index >= 15 is 0 Å². The van der Waals surface area contributed by atoms with E-state index in [9.17, 15) is 18.0 Å². The van der Waals surface area contributed by atoms with E-state index in [2.05, 4.69) is 17.2 Å². The number of nitrogens with zero attached hydrogens (tertiary/aromatic N) is 1. The molecule has 34 heavy (non-hydrogen) atoms. The molecule has 8 nitrogen and oxygen atoms in total. The molecule has 2 unspecified atom stereocenters. The van der Waals surface area contributed by atoms with Crippen molar-refractivity contribution in [1.29, 1.82) is 0 Å². The maximum Gasteiger partial charge on any atom is 0.255 e. The number of sulfonamides is 1. The van der Waals surface area contributed by atoms with Gasteiger partial charge in [0.2, 0.25) is 15.9 Å². The molecule has 9 heteroatoms. The Morgan fingerprint density at radius 3 is 2.59 bits per heavy atom. The topological polar surface area (TPSA) is 105 Å². The summed E-state index contributed by atoms with van der Waals surface area (Å²) in [5.74, 6) is -0.404. The van der Waals surface area contributed by atoms with Gasteiger partial charge in [-0.15, -0.1) is 0 Å². The van der Waals surface area contributed by atoms with E-state index in [1.165, 1.54) is 35.7 Å². The molecular weight excluding hydrogens is 454 g/mol. The average Bonchev–Trinajstić information content (AvgIpc) is 2.84. The maximum absolute atomic E-state index is 13.3. The van der Waals surface area contributed by atoms with Crippen LogP contribution in [0, 0.1) is 0 Å². The molecule has 2 aromatic rings. The number of nitrogens with one attached hydrogen (secondary N) is 2. The fourth-order valence-electron chi connectivity index (χ4n) is 4.11. The number of piperidine rings is 1. The van der Waals surface area contributed by atoms with Crippen LogP contribution in [-0.4, -0.2) is 56.8 Å². The molecule has 1 heterocycles. The normalized spacial score (nSPS) is 18.6. The molecule has 0 bridgehead atoms. The zero-order chi connectivity index (χ0) is 24.7. The van der Waals surface area contributed by atoms with Gasteiger partial charge in [0.05, 0.1) is 17.6 Å². The first-order valence-corrected chi connectivity index (χ1v) is 12.6. The van der Waals surface area contributed by atoms with Crippen molar-refractivity contribution >= 4 is 21.8 Å². The fraction of sp³-hybridized carbons (Fsp3) is 0.360. The van der Waals surface area contributed by atoms with Crippen molar-refractivity contribution in [2.75, 3.05) is 20.2 Å². The van der Waals surface area contributed by atoms with Gasteiger partial charge in [0.1, 0.15) is 5.75 Å². The highest BCUT2D eigenvalue weighted by Crippen LogP contribution is 2.29. The van der Waals surface area contributed by atoms with Gasteiger partial charge in [0, 0.05) is 31.2 Å². The van der Waals surface area contributed by atoms with Crippen molar-refractivity contribution in [2.45, 2.75) is 43.2 Å². The van der Waals surface area contributed by atoms with Crippen LogP contribution < -0.4 is 15.4 Å².